The van der Waals surface area contributed by atoms with Crippen LogP contribution in [0.25, 0.3) is 0 Å². The Balaban J connectivity index is 1.95. The second kappa shape index (κ2) is 3.20. The van der Waals surface area contributed by atoms with Crippen LogP contribution in [-0.4, -0.2) is 36.5 Å². The molecule has 4 nitrogen and oxygen atoms in total. The van der Waals surface area contributed by atoms with Crippen LogP contribution in [0.5, 0.6) is 0 Å². The van der Waals surface area contributed by atoms with E-state index in [2.05, 4.69) is 0 Å². The number of rotatable bonds is 1. The first-order valence-corrected chi connectivity index (χ1v) is 4.70. The molecular weight excluding hydrogens is 172 g/mol. The van der Waals surface area contributed by atoms with Gasteiger partial charge in [0.15, 0.2) is 12.1 Å². The lowest BCUT2D eigenvalue weighted by atomic mass is 10.0. The zero-order chi connectivity index (χ0) is 9.47. The highest BCUT2D eigenvalue weighted by atomic mass is 16.7. The molecule has 0 aromatic heterocycles. The van der Waals surface area contributed by atoms with Gasteiger partial charge in [0.1, 0.15) is 0 Å². The van der Waals surface area contributed by atoms with E-state index in [9.17, 15) is 5.11 Å². The second-order valence-corrected chi connectivity index (χ2v) is 4.08. The molecule has 2 rings (SSSR count). The molecule has 1 unspecified atom stereocenters. The van der Waals surface area contributed by atoms with Gasteiger partial charge in [-0.25, -0.2) is 0 Å². The third kappa shape index (κ3) is 1.86. The molecule has 1 N–H and O–H groups in total. The first kappa shape index (κ1) is 9.40. The highest BCUT2D eigenvalue weighted by Gasteiger charge is 2.42. The maximum atomic E-state index is 9.46. The Labute approximate surface area is 77.8 Å². The van der Waals surface area contributed by atoms with Crippen LogP contribution in [0.3, 0.4) is 0 Å². The van der Waals surface area contributed by atoms with Crippen LogP contribution in [0.4, 0.5) is 0 Å². The molecule has 2 heterocycles. The quantitative estimate of drug-likeness (QED) is 0.650. The van der Waals surface area contributed by atoms with Gasteiger partial charge in [-0.3, -0.25) is 0 Å². The lowest BCUT2D eigenvalue weighted by Gasteiger charge is -2.21. The van der Waals surface area contributed by atoms with E-state index in [0.717, 1.165) is 6.42 Å². The second-order valence-electron chi connectivity index (χ2n) is 4.08. The Morgan fingerprint density at radius 1 is 1.38 bits per heavy atom. The maximum absolute atomic E-state index is 9.46. The van der Waals surface area contributed by atoms with Crippen molar-refractivity contribution in [2.75, 3.05) is 13.2 Å². The molecule has 0 aromatic rings. The molecule has 2 aliphatic rings. The summed E-state index contributed by atoms with van der Waals surface area (Å²) in [6, 6.07) is 0. The normalized spacial score (nSPS) is 44.1. The average molecular weight is 188 g/mol. The van der Waals surface area contributed by atoms with Crippen molar-refractivity contribution in [1.82, 2.24) is 0 Å². The predicted molar refractivity (Wildman–Crippen MR) is 45.0 cm³/mol. The van der Waals surface area contributed by atoms with E-state index in [0.29, 0.717) is 13.2 Å². The van der Waals surface area contributed by atoms with Gasteiger partial charge in [0.05, 0.1) is 19.3 Å². The molecule has 0 radical (unpaired) electrons. The van der Waals surface area contributed by atoms with Crippen molar-refractivity contribution < 1.29 is 19.3 Å². The molecule has 0 saturated carbocycles. The molecule has 0 aromatic carbocycles. The van der Waals surface area contributed by atoms with Crippen LogP contribution in [0.2, 0.25) is 0 Å². The molecule has 3 atom stereocenters. The van der Waals surface area contributed by atoms with Crippen molar-refractivity contribution in [3.05, 3.63) is 0 Å². The summed E-state index contributed by atoms with van der Waals surface area (Å²) in [5.74, 6) is -0.436. The standard InChI is InChI=1S/C9H16O4/c1-9(2)12-5-7(13-9)6-3-4-11-8(6)10/h6-8,10H,3-5H2,1-2H3/t6-,7+,8?/m1/s1. The average Bonchev–Trinajstić information content (AvgIpc) is 2.56. The van der Waals surface area contributed by atoms with E-state index in [1.165, 1.54) is 0 Å². The Kier molecular flexibility index (Phi) is 2.32. The Morgan fingerprint density at radius 2 is 2.15 bits per heavy atom. The zero-order valence-electron chi connectivity index (χ0n) is 8.03. The minimum absolute atomic E-state index is 0.0208. The fourth-order valence-electron chi connectivity index (χ4n) is 1.89. The van der Waals surface area contributed by atoms with Crippen LogP contribution in [0, 0.1) is 5.92 Å². The summed E-state index contributed by atoms with van der Waals surface area (Å²) in [5.41, 5.74) is 0. The third-order valence-corrected chi connectivity index (χ3v) is 2.61. The highest BCUT2D eigenvalue weighted by Crippen LogP contribution is 2.32. The number of hydrogen-bond acceptors (Lipinski definition) is 4. The van der Waals surface area contributed by atoms with Crippen LogP contribution in [-0.2, 0) is 14.2 Å². The molecular formula is C9H16O4. The van der Waals surface area contributed by atoms with Crippen molar-refractivity contribution in [2.24, 2.45) is 5.92 Å². The molecule has 0 amide bonds. The Hall–Kier alpha value is -0.160. The van der Waals surface area contributed by atoms with E-state index >= 15 is 0 Å². The summed E-state index contributed by atoms with van der Waals surface area (Å²) in [5, 5.41) is 9.46. The first-order chi connectivity index (χ1) is 6.08. The van der Waals surface area contributed by atoms with Gasteiger partial charge in [-0.1, -0.05) is 0 Å². The molecule has 2 aliphatic heterocycles. The predicted octanol–water partition coefficient (Wildman–Crippen LogP) is 0.493. The third-order valence-electron chi connectivity index (χ3n) is 2.61. The summed E-state index contributed by atoms with van der Waals surface area (Å²) in [4.78, 5) is 0. The molecule has 2 fully saturated rings. The molecule has 76 valence electrons. The van der Waals surface area contributed by atoms with E-state index in [4.69, 9.17) is 14.2 Å². The summed E-state index contributed by atoms with van der Waals surface area (Å²) in [7, 11) is 0. The molecule has 0 spiro atoms. The van der Waals surface area contributed by atoms with Crippen molar-refractivity contribution in [1.29, 1.82) is 0 Å². The summed E-state index contributed by atoms with van der Waals surface area (Å²) in [6.45, 7) is 4.94. The van der Waals surface area contributed by atoms with E-state index < -0.39 is 12.1 Å². The molecule has 4 heteroatoms. The van der Waals surface area contributed by atoms with Gasteiger partial charge in [0.2, 0.25) is 0 Å². The van der Waals surface area contributed by atoms with Gasteiger partial charge in [0, 0.05) is 5.92 Å². The SMILES string of the molecule is CC1(C)OC[C@@H]([C@H]2CCOC2O)O1. The van der Waals surface area contributed by atoms with Gasteiger partial charge in [-0.2, -0.15) is 0 Å². The van der Waals surface area contributed by atoms with Gasteiger partial charge in [0.25, 0.3) is 0 Å². The fraction of sp³-hybridized carbons (Fsp3) is 1.00. The number of aliphatic hydroxyl groups excluding tert-OH is 1. The van der Waals surface area contributed by atoms with Gasteiger partial charge < -0.3 is 19.3 Å². The number of ether oxygens (including phenoxy) is 3. The van der Waals surface area contributed by atoms with Crippen LogP contribution >= 0.6 is 0 Å². The minimum Gasteiger partial charge on any atom is -0.368 e. The number of hydrogen-bond donors (Lipinski definition) is 1. The van der Waals surface area contributed by atoms with Gasteiger partial charge in [-0.15, -0.1) is 0 Å². The summed E-state index contributed by atoms with van der Waals surface area (Å²) >= 11 is 0. The van der Waals surface area contributed by atoms with Crippen molar-refractivity contribution in [2.45, 2.75) is 38.4 Å². The van der Waals surface area contributed by atoms with E-state index in [1.54, 1.807) is 0 Å². The largest absolute Gasteiger partial charge is 0.368 e. The highest BCUT2D eigenvalue weighted by molar-refractivity contribution is 4.82. The Morgan fingerprint density at radius 3 is 2.62 bits per heavy atom. The van der Waals surface area contributed by atoms with E-state index in [1.807, 2.05) is 13.8 Å². The van der Waals surface area contributed by atoms with Crippen LogP contribution in [0.15, 0.2) is 0 Å². The van der Waals surface area contributed by atoms with Crippen molar-refractivity contribution >= 4 is 0 Å². The molecule has 2 saturated heterocycles. The fourth-order valence-corrected chi connectivity index (χ4v) is 1.89. The lowest BCUT2D eigenvalue weighted by Crippen LogP contribution is -2.31. The minimum atomic E-state index is -0.678. The van der Waals surface area contributed by atoms with Crippen molar-refractivity contribution in [3.63, 3.8) is 0 Å². The first-order valence-electron chi connectivity index (χ1n) is 4.70. The lowest BCUT2D eigenvalue weighted by molar-refractivity contribution is -0.160. The van der Waals surface area contributed by atoms with Crippen LogP contribution < -0.4 is 0 Å². The Bertz CT molecular complexity index is 192. The zero-order valence-corrected chi connectivity index (χ0v) is 8.03. The van der Waals surface area contributed by atoms with E-state index in [-0.39, 0.29) is 12.0 Å². The topological polar surface area (TPSA) is 47.9 Å². The molecule has 0 aliphatic carbocycles. The smallest absolute Gasteiger partial charge is 0.163 e. The maximum Gasteiger partial charge on any atom is 0.163 e. The molecule has 13 heavy (non-hydrogen) atoms. The summed E-state index contributed by atoms with van der Waals surface area (Å²) < 4.78 is 16.1. The summed E-state index contributed by atoms with van der Waals surface area (Å²) in [6.07, 6.45) is 0.153. The number of aliphatic hydroxyl groups is 1. The van der Waals surface area contributed by atoms with Gasteiger partial charge in [-0.05, 0) is 20.3 Å². The van der Waals surface area contributed by atoms with Gasteiger partial charge >= 0.3 is 0 Å². The monoisotopic (exact) mass is 188 g/mol. The van der Waals surface area contributed by atoms with Crippen LogP contribution in [0.1, 0.15) is 20.3 Å². The van der Waals surface area contributed by atoms with Crippen molar-refractivity contribution in [3.8, 4) is 0 Å². The molecule has 0 bridgehead atoms.